The van der Waals surface area contributed by atoms with E-state index in [0.29, 0.717) is 21.4 Å². The van der Waals surface area contributed by atoms with Gasteiger partial charge in [-0.25, -0.2) is 0 Å². The van der Waals surface area contributed by atoms with Crippen LogP contribution in [0.2, 0.25) is 10.0 Å². The van der Waals surface area contributed by atoms with Crippen molar-refractivity contribution < 1.29 is 9.59 Å². The Kier molecular flexibility index (Phi) is 5.72. The van der Waals surface area contributed by atoms with Crippen LogP contribution in [0.5, 0.6) is 0 Å². The Bertz CT molecular complexity index is 1080. The molecule has 0 radical (unpaired) electrons. The summed E-state index contributed by atoms with van der Waals surface area (Å²) in [4.78, 5) is 25.2. The van der Waals surface area contributed by atoms with Gasteiger partial charge in [-0.2, -0.15) is 5.10 Å². The fourth-order valence-electron chi connectivity index (χ4n) is 2.65. The van der Waals surface area contributed by atoms with E-state index in [2.05, 4.69) is 15.7 Å². The van der Waals surface area contributed by atoms with E-state index >= 15 is 0 Å². The number of anilines is 2. The number of carbonyl (C=O) groups is 2. The summed E-state index contributed by atoms with van der Waals surface area (Å²) in [6.07, 6.45) is 0. The van der Waals surface area contributed by atoms with Gasteiger partial charge in [-0.1, -0.05) is 35.3 Å². The normalized spacial score (nSPS) is 10.6. The Morgan fingerprint density at radius 1 is 0.893 bits per heavy atom. The molecule has 2 N–H and O–H groups in total. The Morgan fingerprint density at radius 3 is 1.93 bits per heavy atom. The van der Waals surface area contributed by atoms with Gasteiger partial charge in [0.2, 0.25) is 0 Å². The zero-order valence-electron chi connectivity index (χ0n) is 15.5. The topological polar surface area (TPSA) is 76.0 Å². The van der Waals surface area contributed by atoms with Crippen molar-refractivity contribution in [2.45, 2.75) is 13.8 Å². The van der Waals surface area contributed by atoms with Gasteiger partial charge in [0.15, 0.2) is 5.69 Å². The first kappa shape index (κ1) is 19.9. The molecule has 8 heteroatoms. The summed E-state index contributed by atoms with van der Waals surface area (Å²) in [6.45, 7) is 3.62. The second kappa shape index (κ2) is 8.04. The van der Waals surface area contributed by atoms with Crippen LogP contribution in [0.25, 0.3) is 0 Å². The summed E-state index contributed by atoms with van der Waals surface area (Å²) in [6, 6.07) is 11.9. The first-order chi connectivity index (χ1) is 13.3. The van der Waals surface area contributed by atoms with E-state index in [1.807, 2.05) is 13.8 Å². The summed E-state index contributed by atoms with van der Waals surface area (Å²) >= 11 is 12.2. The molecule has 1 heterocycles. The monoisotopic (exact) mass is 416 g/mol. The number of aromatic nitrogens is 2. The van der Waals surface area contributed by atoms with E-state index < -0.39 is 11.8 Å². The summed E-state index contributed by atoms with van der Waals surface area (Å²) in [7, 11) is 1.60. The SMILES string of the molecule is Cc1c(Cl)cccc1NC(=O)c1cc(C(=O)Nc2cccc(Cl)c2C)n(C)n1. The van der Waals surface area contributed by atoms with Crippen molar-refractivity contribution in [2.75, 3.05) is 10.6 Å². The van der Waals surface area contributed by atoms with E-state index in [4.69, 9.17) is 23.2 Å². The van der Waals surface area contributed by atoms with Gasteiger partial charge in [0.05, 0.1) is 0 Å². The van der Waals surface area contributed by atoms with Gasteiger partial charge in [0, 0.05) is 34.5 Å². The number of amides is 2. The molecule has 2 aromatic carbocycles. The number of halogens is 2. The minimum atomic E-state index is -0.432. The molecule has 6 nitrogen and oxygen atoms in total. The van der Waals surface area contributed by atoms with Gasteiger partial charge in [0.25, 0.3) is 11.8 Å². The molecular formula is C20H18Cl2N4O2. The van der Waals surface area contributed by atoms with Crippen LogP contribution >= 0.6 is 23.2 Å². The summed E-state index contributed by atoms with van der Waals surface area (Å²) in [5.74, 6) is -0.822. The predicted molar refractivity (Wildman–Crippen MR) is 111 cm³/mol. The van der Waals surface area contributed by atoms with Gasteiger partial charge < -0.3 is 10.6 Å². The molecule has 1 aromatic heterocycles. The average molecular weight is 417 g/mol. The van der Waals surface area contributed by atoms with Crippen LogP contribution in [0.15, 0.2) is 42.5 Å². The third-order valence-electron chi connectivity index (χ3n) is 4.38. The highest BCUT2D eigenvalue weighted by Crippen LogP contribution is 2.25. The zero-order chi connectivity index (χ0) is 20.4. The molecule has 0 aliphatic carbocycles. The van der Waals surface area contributed by atoms with Crippen LogP contribution in [-0.2, 0) is 7.05 Å². The fraction of sp³-hybridized carbons (Fsp3) is 0.150. The van der Waals surface area contributed by atoms with Gasteiger partial charge >= 0.3 is 0 Å². The van der Waals surface area contributed by atoms with Crippen molar-refractivity contribution >= 4 is 46.4 Å². The summed E-state index contributed by atoms with van der Waals surface area (Å²) in [5.41, 5.74) is 3.06. The quantitative estimate of drug-likeness (QED) is 0.637. The molecule has 0 atom stereocenters. The third kappa shape index (κ3) is 4.03. The number of rotatable bonds is 4. The second-order valence-electron chi connectivity index (χ2n) is 6.27. The van der Waals surface area contributed by atoms with Gasteiger partial charge in [-0.05, 0) is 49.2 Å². The summed E-state index contributed by atoms with van der Waals surface area (Å²) < 4.78 is 1.36. The first-order valence-electron chi connectivity index (χ1n) is 8.45. The first-order valence-corrected chi connectivity index (χ1v) is 9.20. The number of hydrogen-bond acceptors (Lipinski definition) is 3. The highest BCUT2D eigenvalue weighted by atomic mass is 35.5. The lowest BCUT2D eigenvalue weighted by Gasteiger charge is -2.09. The van der Waals surface area contributed by atoms with Crippen LogP contribution in [-0.4, -0.2) is 21.6 Å². The lowest BCUT2D eigenvalue weighted by Crippen LogP contribution is -2.16. The molecule has 0 saturated heterocycles. The molecule has 0 fully saturated rings. The van der Waals surface area contributed by atoms with E-state index in [-0.39, 0.29) is 11.4 Å². The minimum Gasteiger partial charge on any atom is -0.320 e. The van der Waals surface area contributed by atoms with Crippen LogP contribution < -0.4 is 10.6 Å². The molecule has 3 aromatic rings. The van der Waals surface area contributed by atoms with Crippen molar-refractivity contribution in [3.63, 3.8) is 0 Å². The second-order valence-corrected chi connectivity index (χ2v) is 7.09. The lowest BCUT2D eigenvalue weighted by molar-refractivity contribution is 0.101. The molecular weight excluding hydrogens is 399 g/mol. The average Bonchev–Trinajstić information content (AvgIpc) is 3.05. The van der Waals surface area contributed by atoms with E-state index in [1.165, 1.54) is 10.7 Å². The zero-order valence-corrected chi connectivity index (χ0v) is 17.0. The molecule has 3 rings (SSSR count). The maximum absolute atomic E-state index is 12.6. The molecule has 0 unspecified atom stereocenters. The van der Waals surface area contributed by atoms with Gasteiger partial charge in [-0.15, -0.1) is 0 Å². The Hall–Kier alpha value is -2.83. The molecule has 0 aliphatic heterocycles. The number of carbonyl (C=O) groups excluding carboxylic acids is 2. The molecule has 0 bridgehead atoms. The molecule has 0 aliphatic rings. The van der Waals surface area contributed by atoms with Crippen LogP contribution in [0, 0.1) is 13.8 Å². The maximum atomic E-state index is 12.6. The predicted octanol–water partition coefficient (Wildman–Crippen LogP) is 4.85. The standard InChI is InChI=1S/C20H18Cl2N4O2/c1-11-13(21)6-4-8-15(11)23-19(27)17-10-18(26(3)25-17)20(28)24-16-9-5-7-14(22)12(16)2/h4-10H,1-3H3,(H,23,27)(H,24,28). The molecule has 0 spiro atoms. The smallest absolute Gasteiger partial charge is 0.276 e. The van der Waals surface area contributed by atoms with Crippen molar-refractivity contribution in [1.82, 2.24) is 9.78 Å². The molecule has 28 heavy (non-hydrogen) atoms. The molecule has 0 saturated carbocycles. The highest BCUT2D eigenvalue weighted by molar-refractivity contribution is 6.32. The van der Waals surface area contributed by atoms with Crippen molar-refractivity contribution in [2.24, 2.45) is 7.05 Å². The number of benzene rings is 2. The van der Waals surface area contributed by atoms with E-state index in [1.54, 1.807) is 43.4 Å². The fourth-order valence-corrected chi connectivity index (χ4v) is 3.00. The van der Waals surface area contributed by atoms with Crippen LogP contribution in [0.4, 0.5) is 11.4 Å². The van der Waals surface area contributed by atoms with Crippen molar-refractivity contribution in [1.29, 1.82) is 0 Å². The van der Waals surface area contributed by atoms with Crippen LogP contribution in [0.3, 0.4) is 0 Å². The van der Waals surface area contributed by atoms with E-state index in [0.717, 1.165) is 11.1 Å². The maximum Gasteiger partial charge on any atom is 0.276 e. The highest BCUT2D eigenvalue weighted by Gasteiger charge is 2.19. The van der Waals surface area contributed by atoms with Crippen molar-refractivity contribution in [3.05, 3.63) is 75.0 Å². The van der Waals surface area contributed by atoms with Crippen molar-refractivity contribution in [3.8, 4) is 0 Å². The van der Waals surface area contributed by atoms with Gasteiger partial charge in [-0.3, -0.25) is 14.3 Å². The third-order valence-corrected chi connectivity index (χ3v) is 5.20. The Balaban J connectivity index is 1.80. The lowest BCUT2D eigenvalue weighted by atomic mass is 10.2. The van der Waals surface area contributed by atoms with Gasteiger partial charge in [0.1, 0.15) is 5.69 Å². The molecule has 2 amide bonds. The molecule has 144 valence electrons. The Morgan fingerprint density at radius 2 is 1.39 bits per heavy atom. The largest absolute Gasteiger partial charge is 0.320 e. The van der Waals surface area contributed by atoms with E-state index in [9.17, 15) is 9.59 Å². The summed E-state index contributed by atoms with van der Waals surface area (Å²) in [5, 5.41) is 10.8. The number of nitrogens with one attached hydrogen (secondary N) is 2. The number of aryl methyl sites for hydroxylation is 1. The Labute approximate surface area is 172 Å². The number of nitrogens with zero attached hydrogens (tertiary/aromatic N) is 2. The number of hydrogen-bond donors (Lipinski definition) is 2. The minimum absolute atomic E-state index is 0.120. The van der Waals surface area contributed by atoms with Crippen LogP contribution in [0.1, 0.15) is 32.1 Å².